The lowest BCUT2D eigenvalue weighted by molar-refractivity contribution is -0.178. The predicted octanol–water partition coefficient (Wildman–Crippen LogP) is 2.69. The van der Waals surface area contributed by atoms with Crippen LogP contribution in [0.2, 0.25) is 0 Å². The standard InChI is InChI=1S/C18H31N5O2/c1-11(2)14-20-21-15-12(3)22(8-9-23(14)15)16(24)19-13-10-18(6,25-7)17(13,4)5/h11-13H,8-10H2,1-7H3,(H,19,24). The molecule has 0 bridgehead atoms. The maximum Gasteiger partial charge on any atom is 0.318 e. The van der Waals surface area contributed by atoms with Crippen LogP contribution in [-0.4, -0.2) is 51.0 Å². The van der Waals surface area contributed by atoms with Gasteiger partial charge < -0.3 is 19.5 Å². The third kappa shape index (κ3) is 2.63. The smallest absolute Gasteiger partial charge is 0.318 e. The number of rotatable bonds is 3. The number of urea groups is 1. The van der Waals surface area contributed by atoms with E-state index in [-0.39, 0.29) is 29.1 Å². The van der Waals surface area contributed by atoms with Gasteiger partial charge >= 0.3 is 6.03 Å². The van der Waals surface area contributed by atoms with Gasteiger partial charge in [-0.2, -0.15) is 0 Å². The third-order valence-electron chi connectivity index (χ3n) is 6.57. The van der Waals surface area contributed by atoms with Crippen LogP contribution in [0.1, 0.15) is 71.6 Å². The van der Waals surface area contributed by atoms with Crippen LogP contribution in [0.4, 0.5) is 4.79 Å². The number of carbonyl (C=O) groups is 1. The van der Waals surface area contributed by atoms with Gasteiger partial charge in [0, 0.05) is 37.6 Å². The number of ether oxygens (including phenoxy) is 1. The zero-order chi connectivity index (χ0) is 18.6. The van der Waals surface area contributed by atoms with E-state index in [1.165, 1.54) is 0 Å². The lowest BCUT2D eigenvalue weighted by Gasteiger charge is -2.59. The Balaban J connectivity index is 1.70. The maximum absolute atomic E-state index is 12.9. The van der Waals surface area contributed by atoms with E-state index in [9.17, 15) is 4.79 Å². The Hall–Kier alpha value is -1.63. The number of nitrogens with zero attached hydrogens (tertiary/aromatic N) is 4. The molecule has 3 unspecified atom stereocenters. The fraction of sp³-hybridized carbons (Fsp3) is 0.833. The molecular formula is C18H31N5O2. The molecule has 3 rings (SSSR count). The average Bonchev–Trinajstić information content (AvgIpc) is 2.99. The molecule has 0 radical (unpaired) electrons. The molecule has 0 spiro atoms. The summed E-state index contributed by atoms with van der Waals surface area (Å²) in [5.41, 5.74) is -0.286. The van der Waals surface area contributed by atoms with Gasteiger partial charge in [0.1, 0.15) is 5.82 Å². The second-order valence-corrected chi connectivity index (χ2v) is 8.45. The molecule has 1 saturated carbocycles. The fourth-order valence-electron chi connectivity index (χ4n) is 4.07. The Labute approximate surface area is 150 Å². The van der Waals surface area contributed by atoms with E-state index >= 15 is 0 Å². The first-order valence-corrected chi connectivity index (χ1v) is 9.17. The van der Waals surface area contributed by atoms with Crippen LogP contribution in [0.5, 0.6) is 0 Å². The second-order valence-electron chi connectivity index (χ2n) is 8.45. The van der Waals surface area contributed by atoms with Crippen LogP contribution < -0.4 is 5.32 Å². The van der Waals surface area contributed by atoms with Crippen molar-refractivity contribution in [3.05, 3.63) is 11.6 Å². The molecule has 3 atom stereocenters. The molecule has 7 heteroatoms. The molecule has 0 saturated heterocycles. The van der Waals surface area contributed by atoms with Gasteiger partial charge in [-0.05, 0) is 20.3 Å². The molecule has 1 fully saturated rings. The largest absolute Gasteiger partial charge is 0.378 e. The quantitative estimate of drug-likeness (QED) is 0.911. The summed E-state index contributed by atoms with van der Waals surface area (Å²) in [6, 6.07) is 0.0120. The van der Waals surface area contributed by atoms with Crippen molar-refractivity contribution < 1.29 is 9.53 Å². The highest BCUT2D eigenvalue weighted by atomic mass is 16.5. The molecule has 2 amide bonds. The van der Waals surface area contributed by atoms with Crippen LogP contribution in [0, 0.1) is 5.41 Å². The molecule has 140 valence electrons. The summed E-state index contributed by atoms with van der Waals surface area (Å²) in [5.74, 6) is 2.20. The lowest BCUT2D eigenvalue weighted by Crippen LogP contribution is -2.69. The third-order valence-corrected chi connectivity index (χ3v) is 6.57. The van der Waals surface area contributed by atoms with Crippen LogP contribution in [0.3, 0.4) is 0 Å². The van der Waals surface area contributed by atoms with Crippen molar-refractivity contribution in [1.29, 1.82) is 0 Å². The Morgan fingerprint density at radius 1 is 1.28 bits per heavy atom. The van der Waals surface area contributed by atoms with E-state index in [0.29, 0.717) is 12.5 Å². The number of carbonyl (C=O) groups excluding carboxylic acids is 1. The van der Waals surface area contributed by atoms with Crippen LogP contribution >= 0.6 is 0 Å². The van der Waals surface area contributed by atoms with Gasteiger partial charge in [0.2, 0.25) is 0 Å². The monoisotopic (exact) mass is 349 g/mol. The number of amides is 2. The number of nitrogens with one attached hydrogen (secondary N) is 1. The van der Waals surface area contributed by atoms with Gasteiger partial charge in [-0.3, -0.25) is 0 Å². The summed E-state index contributed by atoms with van der Waals surface area (Å²) in [7, 11) is 1.74. The van der Waals surface area contributed by atoms with Crippen molar-refractivity contribution in [2.24, 2.45) is 5.41 Å². The van der Waals surface area contributed by atoms with Crippen LogP contribution in [-0.2, 0) is 11.3 Å². The molecule has 1 N–H and O–H groups in total. The van der Waals surface area contributed by atoms with Gasteiger partial charge in [-0.25, -0.2) is 4.79 Å². The average molecular weight is 349 g/mol. The Bertz CT molecular complexity index is 668. The number of methoxy groups -OCH3 is 1. The highest BCUT2D eigenvalue weighted by molar-refractivity contribution is 5.75. The van der Waals surface area contributed by atoms with Gasteiger partial charge in [-0.1, -0.05) is 27.7 Å². The summed E-state index contributed by atoms with van der Waals surface area (Å²) in [5, 5.41) is 11.9. The summed E-state index contributed by atoms with van der Waals surface area (Å²) in [6.45, 7) is 14.1. The Morgan fingerprint density at radius 2 is 1.96 bits per heavy atom. The predicted molar refractivity (Wildman–Crippen MR) is 95.4 cm³/mol. The van der Waals surface area contributed by atoms with E-state index in [2.05, 4.69) is 54.7 Å². The fourth-order valence-corrected chi connectivity index (χ4v) is 4.07. The molecule has 1 aliphatic heterocycles. The van der Waals surface area contributed by atoms with Gasteiger partial charge in [0.25, 0.3) is 0 Å². The summed E-state index contributed by atoms with van der Waals surface area (Å²) in [4.78, 5) is 14.7. The van der Waals surface area contributed by atoms with Crippen LogP contribution in [0.15, 0.2) is 0 Å². The van der Waals surface area contributed by atoms with Gasteiger partial charge in [0.15, 0.2) is 5.82 Å². The molecule has 2 heterocycles. The SMILES string of the molecule is COC1(C)CC(NC(=O)N2CCn3c(C(C)C)nnc3C2C)C1(C)C. The molecule has 25 heavy (non-hydrogen) atoms. The van der Waals surface area contributed by atoms with Gasteiger partial charge in [-0.15, -0.1) is 10.2 Å². The Kier molecular flexibility index (Phi) is 4.34. The minimum atomic E-state index is -0.190. The van der Waals surface area contributed by atoms with Gasteiger partial charge in [0.05, 0.1) is 11.6 Å². The van der Waals surface area contributed by atoms with Crippen molar-refractivity contribution in [3.8, 4) is 0 Å². The first-order chi connectivity index (χ1) is 11.6. The topological polar surface area (TPSA) is 72.3 Å². The number of hydrogen-bond donors (Lipinski definition) is 1. The molecule has 1 aliphatic carbocycles. The van der Waals surface area contributed by atoms with E-state index in [0.717, 1.165) is 24.6 Å². The molecular weight excluding hydrogens is 318 g/mol. The molecule has 7 nitrogen and oxygen atoms in total. The molecule has 1 aromatic rings. The lowest BCUT2D eigenvalue weighted by atomic mass is 9.56. The van der Waals surface area contributed by atoms with Crippen molar-refractivity contribution in [1.82, 2.24) is 25.0 Å². The second kappa shape index (κ2) is 5.97. The van der Waals surface area contributed by atoms with E-state index in [1.807, 2.05) is 11.8 Å². The van der Waals surface area contributed by atoms with E-state index in [4.69, 9.17) is 4.74 Å². The van der Waals surface area contributed by atoms with Crippen molar-refractivity contribution >= 4 is 6.03 Å². The number of aromatic nitrogens is 3. The molecule has 1 aromatic heterocycles. The van der Waals surface area contributed by atoms with Crippen molar-refractivity contribution in [2.75, 3.05) is 13.7 Å². The molecule has 2 aliphatic rings. The minimum absolute atomic E-state index is 0.0240. The zero-order valence-electron chi connectivity index (χ0n) is 16.5. The summed E-state index contributed by atoms with van der Waals surface area (Å²) >= 11 is 0. The van der Waals surface area contributed by atoms with E-state index in [1.54, 1.807) is 7.11 Å². The minimum Gasteiger partial charge on any atom is -0.378 e. The molecule has 0 aromatic carbocycles. The summed E-state index contributed by atoms with van der Waals surface area (Å²) in [6.07, 6.45) is 0.831. The Morgan fingerprint density at radius 3 is 2.52 bits per heavy atom. The summed E-state index contributed by atoms with van der Waals surface area (Å²) < 4.78 is 7.81. The zero-order valence-corrected chi connectivity index (χ0v) is 16.5. The van der Waals surface area contributed by atoms with E-state index < -0.39 is 0 Å². The highest BCUT2D eigenvalue weighted by Gasteiger charge is 2.58. The maximum atomic E-state index is 12.9. The first-order valence-electron chi connectivity index (χ1n) is 9.17. The number of fused-ring (bicyclic) bond motifs is 1. The van der Waals surface area contributed by atoms with Crippen molar-refractivity contribution in [3.63, 3.8) is 0 Å². The highest BCUT2D eigenvalue weighted by Crippen LogP contribution is 2.51. The first kappa shape index (κ1) is 18.2. The van der Waals surface area contributed by atoms with Crippen LogP contribution in [0.25, 0.3) is 0 Å². The normalized spacial score (nSPS) is 30.8. The number of hydrogen-bond acceptors (Lipinski definition) is 4. The van der Waals surface area contributed by atoms with Crippen molar-refractivity contribution in [2.45, 2.75) is 78.1 Å².